The van der Waals surface area contributed by atoms with Crippen molar-refractivity contribution in [1.29, 1.82) is 0 Å². The van der Waals surface area contributed by atoms with Crippen molar-refractivity contribution < 1.29 is 5.11 Å². The summed E-state index contributed by atoms with van der Waals surface area (Å²) in [7, 11) is 0. The third-order valence-electron chi connectivity index (χ3n) is 4.47. The van der Waals surface area contributed by atoms with Gasteiger partial charge in [-0.05, 0) is 49.8 Å². The van der Waals surface area contributed by atoms with Gasteiger partial charge in [0.2, 0.25) is 0 Å². The summed E-state index contributed by atoms with van der Waals surface area (Å²) in [4.78, 5) is 2.41. The van der Waals surface area contributed by atoms with Gasteiger partial charge in [0.1, 0.15) is 0 Å². The molecule has 2 rings (SSSR count). The number of aliphatic hydroxyl groups excluding tert-OH is 1. The van der Waals surface area contributed by atoms with Gasteiger partial charge in [-0.2, -0.15) is 0 Å². The number of benzene rings is 1. The van der Waals surface area contributed by atoms with Crippen molar-refractivity contribution in [3.05, 3.63) is 34.9 Å². The largest absolute Gasteiger partial charge is 0.387 e. The Morgan fingerprint density at radius 2 is 2.05 bits per heavy atom. The number of hydrogen-bond donors (Lipinski definition) is 1. The van der Waals surface area contributed by atoms with E-state index in [4.69, 9.17) is 0 Å². The van der Waals surface area contributed by atoms with Crippen molar-refractivity contribution in [3.8, 4) is 0 Å². The molecule has 106 valence electrons. The van der Waals surface area contributed by atoms with Gasteiger partial charge in [-0.1, -0.05) is 37.6 Å². The van der Waals surface area contributed by atoms with Crippen molar-refractivity contribution in [2.24, 2.45) is 11.8 Å². The summed E-state index contributed by atoms with van der Waals surface area (Å²) in [5.74, 6) is 1.55. The molecule has 1 fully saturated rings. The van der Waals surface area contributed by atoms with Crippen LogP contribution in [0.2, 0.25) is 0 Å². The van der Waals surface area contributed by atoms with Gasteiger partial charge in [-0.15, -0.1) is 0 Å². The van der Waals surface area contributed by atoms with Crippen molar-refractivity contribution in [2.75, 3.05) is 19.6 Å². The summed E-state index contributed by atoms with van der Waals surface area (Å²) in [6.07, 6.45) is 0.920. The number of β-amino-alcohol motifs (C(OH)–C–C–N with tert-alkyl or cyclic N) is 1. The summed E-state index contributed by atoms with van der Waals surface area (Å²) >= 11 is 0. The molecule has 0 aromatic heterocycles. The van der Waals surface area contributed by atoms with E-state index in [2.05, 4.69) is 50.8 Å². The lowest BCUT2D eigenvalue weighted by Gasteiger charge is -2.22. The van der Waals surface area contributed by atoms with E-state index in [1.165, 1.54) is 17.5 Å². The minimum atomic E-state index is -0.355. The molecule has 1 aliphatic rings. The third kappa shape index (κ3) is 3.58. The lowest BCUT2D eigenvalue weighted by Crippen LogP contribution is -2.27. The van der Waals surface area contributed by atoms with Crippen LogP contribution in [0.3, 0.4) is 0 Å². The highest BCUT2D eigenvalue weighted by Gasteiger charge is 2.26. The smallest absolute Gasteiger partial charge is 0.0919 e. The first kappa shape index (κ1) is 14.5. The molecule has 1 aliphatic heterocycles. The van der Waals surface area contributed by atoms with Crippen molar-refractivity contribution in [1.82, 2.24) is 4.90 Å². The van der Waals surface area contributed by atoms with E-state index in [1.54, 1.807) is 0 Å². The maximum absolute atomic E-state index is 10.4. The summed E-state index contributed by atoms with van der Waals surface area (Å²) < 4.78 is 0. The highest BCUT2D eigenvalue weighted by Crippen LogP contribution is 2.26. The van der Waals surface area contributed by atoms with E-state index in [9.17, 15) is 5.11 Å². The summed E-state index contributed by atoms with van der Waals surface area (Å²) in [5.41, 5.74) is 3.54. The number of aliphatic hydroxyl groups is 1. The minimum absolute atomic E-state index is 0.355. The van der Waals surface area contributed by atoms with Crippen LogP contribution in [0.1, 0.15) is 43.1 Å². The Hall–Kier alpha value is -0.860. The van der Waals surface area contributed by atoms with E-state index in [0.717, 1.165) is 37.0 Å². The molecule has 1 aromatic rings. The molecular formula is C17H27NO. The van der Waals surface area contributed by atoms with Crippen LogP contribution >= 0.6 is 0 Å². The van der Waals surface area contributed by atoms with Gasteiger partial charge in [0.05, 0.1) is 6.10 Å². The molecule has 0 saturated carbocycles. The van der Waals surface area contributed by atoms with Gasteiger partial charge >= 0.3 is 0 Å². The monoisotopic (exact) mass is 261 g/mol. The second-order valence-electron chi connectivity index (χ2n) is 6.43. The molecule has 2 unspecified atom stereocenters. The van der Waals surface area contributed by atoms with Crippen LogP contribution in [0, 0.1) is 25.7 Å². The van der Waals surface area contributed by atoms with E-state index in [-0.39, 0.29) is 6.10 Å². The van der Waals surface area contributed by atoms with Gasteiger partial charge in [-0.25, -0.2) is 0 Å². The summed E-state index contributed by atoms with van der Waals surface area (Å²) in [6.45, 7) is 11.8. The molecule has 0 amide bonds. The third-order valence-corrected chi connectivity index (χ3v) is 4.47. The van der Waals surface area contributed by atoms with Gasteiger partial charge in [0.25, 0.3) is 0 Å². The molecule has 2 heteroatoms. The Balaban J connectivity index is 1.96. The zero-order valence-electron chi connectivity index (χ0n) is 12.7. The predicted octanol–water partition coefficient (Wildman–Crippen LogP) is 3.31. The van der Waals surface area contributed by atoms with Crippen LogP contribution in [-0.2, 0) is 0 Å². The Labute approximate surface area is 117 Å². The lowest BCUT2D eigenvalue weighted by molar-refractivity contribution is 0.122. The lowest BCUT2D eigenvalue weighted by atomic mass is 9.95. The van der Waals surface area contributed by atoms with Crippen LogP contribution < -0.4 is 0 Å². The summed E-state index contributed by atoms with van der Waals surface area (Å²) in [5, 5.41) is 10.4. The fourth-order valence-electron chi connectivity index (χ4n) is 3.12. The minimum Gasteiger partial charge on any atom is -0.387 e. The van der Waals surface area contributed by atoms with Gasteiger partial charge < -0.3 is 10.0 Å². The second kappa shape index (κ2) is 6.06. The molecule has 0 aliphatic carbocycles. The van der Waals surface area contributed by atoms with Crippen LogP contribution in [0.5, 0.6) is 0 Å². The molecule has 1 heterocycles. The Morgan fingerprint density at radius 1 is 1.32 bits per heavy atom. The first-order valence-electron chi connectivity index (χ1n) is 7.45. The number of aryl methyl sites for hydroxylation is 2. The molecule has 1 N–H and O–H groups in total. The zero-order valence-corrected chi connectivity index (χ0v) is 12.7. The number of rotatable bonds is 4. The molecular weight excluding hydrogens is 234 g/mol. The predicted molar refractivity (Wildman–Crippen MR) is 80.3 cm³/mol. The first-order chi connectivity index (χ1) is 8.97. The molecule has 0 spiro atoms. The Kier molecular flexibility index (Phi) is 4.64. The maximum atomic E-state index is 10.4. The SMILES string of the molecule is Cc1ccc(C(O)CN2CCC(C(C)C)C2)c(C)c1. The molecule has 2 atom stereocenters. The fourth-order valence-corrected chi connectivity index (χ4v) is 3.12. The van der Waals surface area contributed by atoms with E-state index < -0.39 is 0 Å². The topological polar surface area (TPSA) is 23.5 Å². The molecule has 19 heavy (non-hydrogen) atoms. The molecule has 1 saturated heterocycles. The van der Waals surface area contributed by atoms with Crippen molar-refractivity contribution >= 4 is 0 Å². The number of nitrogens with zero attached hydrogens (tertiary/aromatic N) is 1. The number of hydrogen-bond acceptors (Lipinski definition) is 2. The molecule has 1 aromatic carbocycles. The van der Waals surface area contributed by atoms with Crippen LogP contribution in [0.4, 0.5) is 0 Å². The fraction of sp³-hybridized carbons (Fsp3) is 0.647. The average molecular weight is 261 g/mol. The van der Waals surface area contributed by atoms with Crippen LogP contribution in [0.25, 0.3) is 0 Å². The van der Waals surface area contributed by atoms with Gasteiger partial charge in [0.15, 0.2) is 0 Å². The zero-order chi connectivity index (χ0) is 14.0. The summed E-state index contributed by atoms with van der Waals surface area (Å²) in [6, 6.07) is 6.32. The van der Waals surface area contributed by atoms with E-state index in [1.807, 2.05) is 0 Å². The van der Waals surface area contributed by atoms with Crippen LogP contribution in [0.15, 0.2) is 18.2 Å². The van der Waals surface area contributed by atoms with Gasteiger partial charge in [-0.3, -0.25) is 0 Å². The Morgan fingerprint density at radius 3 is 2.63 bits per heavy atom. The average Bonchev–Trinajstić information content (AvgIpc) is 2.77. The van der Waals surface area contributed by atoms with Gasteiger partial charge in [0, 0.05) is 13.1 Å². The molecule has 0 radical (unpaired) electrons. The van der Waals surface area contributed by atoms with E-state index >= 15 is 0 Å². The maximum Gasteiger partial charge on any atom is 0.0919 e. The van der Waals surface area contributed by atoms with Crippen molar-refractivity contribution in [2.45, 2.75) is 40.2 Å². The molecule has 2 nitrogen and oxygen atoms in total. The number of likely N-dealkylation sites (tertiary alicyclic amines) is 1. The normalized spacial score (nSPS) is 22.1. The second-order valence-corrected chi connectivity index (χ2v) is 6.43. The molecule has 0 bridgehead atoms. The standard InChI is InChI=1S/C17H27NO/c1-12(2)15-7-8-18(10-15)11-17(19)16-6-5-13(3)9-14(16)4/h5-6,9,12,15,17,19H,7-8,10-11H2,1-4H3. The van der Waals surface area contributed by atoms with Crippen molar-refractivity contribution in [3.63, 3.8) is 0 Å². The van der Waals surface area contributed by atoms with Crippen LogP contribution in [-0.4, -0.2) is 29.6 Å². The quantitative estimate of drug-likeness (QED) is 0.899. The highest BCUT2D eigenvalue weighted by molar-refractivity contribution is 5.32. The van der Waals surface area contributed by atoms with E-state index in [0.29, 0.717) is 0 Å². The highest BCUT2D eigenvalue weighted by atomic mass is 16.3. The Bertz CT molecular complexity index is 427. The first-order valence-corrected chi connectivity index (χ1v) is 7.45.